The molecule has 2 aromatic heterocycles. The van der Waals surface area contributed by atoms with E-state index >= 15 is 0 Å². The third-order valence-corrected chi connectivity index (χ3v) is 16.4. The summed E-state index contributed by atoms with van der Waals surface area (Å²) < 4.78 is 5.37. The van der Waals surface area contributed by atoms with Crippen molar-refractivity contribution in [2.24, 2.45) is 5.41 Å². The first kappa shape index (κ1) is 38.5. The van der Waals surface area contributed by atoms with Gasteiger partial charge in [-0.3, -0.25) is 0 Å². The second-order valence-electron chi connectivity index (χ2n) is 18.8. The van der Waals surface area contributed by atoms with Gasteiger partial charge in [-0.25, -0.2) is 0 Å². The molecular weight excluding hydrogens is 827 g/mol. The number of hydrogen-bond donors (Lipinski definition) is 0. The highest BCUT2D eigenvalue weighted by molar-refractivity contribution is 7.26. The molecule has 1 nitrogen and oxygen atoms in total. The zero-order valence-corrected chi connectivity index (χ0v) is 38.0. The van der Waals surface area contributed by atoms with Gasteiger partial charge in [0.2, 0.25) is 0 Å². The van der Waals surface area contributed by atoms with Crippen LogP contribution in [0.5, 0.6) is 0 Å². The van der Waals surface area contributed by atoms with Gasteiger partial charge >= 0.3 is 0 Å². The van der Waals surface area contributed by atoms with Gasteiger partial charge in [-0.2, -0.15) is 0 Å². The minimum Gasteiger partial charge on any atom is -0.332 e. The Labute approximate surface area is 394 Å². The van der Waals surface area contributed by atoms with E-state index in [1.165, 1.54) is 125 Å². The summed E-state index contributed by atoms with van der Waals surface area (Å²) in [6, 6.07) is 70.2. The number of allylic oxidation sites excluding steroid dienone is 10. The van der Waals surface area contributed by atoms with Crippen molar-refractivity contribution in [2.45, 2.75) is 25.8 Å². The molecule has 0 saturated carbocycles. The quantitative estimate of drug-likeness (QED) is 0.152. The molecule has 67 heavy (non-hydrogen) atoms. The smallest absolute Gasteiger partial charge is 0.0723 e. The molecule has 9 aromatic carbocycles. The largest absolute Gasteiger partial charge is 0.332 e. The molecule has 14 rings (SSSR count). The Balaban J connectivity index is 0.972. The van der Waals surface area contributed by atoms with Crippen LogP contribution in [0.25, 0.3) is 102 Å². The molecule has 2 atom stereocenters. The minimum absolute atomic E-state index is 0.0612. The fraction of sp³-hybridized carbons (Fsp3) is 0.0769. The third-order valence-electron chi connectivity index (χ3n) is 15.2. The molecule has 11 aromatic rings. The van der Waals surface area contributed by atoms with Crippen molar-refractivity contribution in [1.82, 2.24) is 4.57 Å². The molecule has 0 spiro atoms. The van der Waals surface area contributed by atoms with Gasteiger partial charge in [0.25, 0.3) is 0 Å². The average molecular weight is 872 g/mol. The fourth-order valence-electron chi connectivity index (χ4n) is 12.3. The van der Waals surface area contributed by atoms with Gasteiger partial charge in [0.1, 0.15) is 0 Å². The van der Waals surface area contributed by atoms with E-state index in [1.807, 2.05) is 11.3 Å². The molecule has 316 valence electrons. The number of para-hydroxylation sites is 1. The molecule has 0 saturated heterocycles. The number of hydrogen-bond acceptors (Lipinski definition) is 1. The Morgan fingerprint density at radius 3 is 1.85 bits per heavy atom. The summed E-state index contributed by atoms with van der Waals surface area (Å²) in [5.41, 5.74) is 16.9. The molecular formula is C65H45NS. The number of benzene rings is 9. The van der Waals surface area contributed by atoms with Crippen molar-refractivity contribution in [3.8, 4) is 33.4 Å². The Hall–Kier alpha value is -7.78. The van der Waals surface area contributed by atoms with Gasteiger partial charge in [0.05, 0.1) is 6.04 Å². The van der Waals surface area contributed by atoms with E-state index < -0.39 is 0 Å². The summed E-state index contributed by atoms with van der Waals surface area (Å²) in [5, 5.41) is 10.4. The number of rotatable bonds is 5. The number of nitrogens with zero attached hydrogens (tertiary/aromatic N) is 1. The van der Waals surface area contributed by atoms with Crippen molar-refractivity contribution in [3.63, 3.8) is 0 Å². The van der Waals surface area contributed by atoms with Crippen molar-refractivity contribution in [3.05, 3.63) is 247 Å². The summed E-state index contributed by atoms with van der Waals surface area (Å²) in [6.45, 7) is 2.49. The molecule has 0 fully saturated rings. The normalized spacial score (nSPS) is 18.0. The van der Waals surface area contributed by atoms with Gasteiger partial charge in [0, 0.05) is 53.0 Å². The predicted octanol–water partition coefficient (Wildman–Crippen LogP) is 18.3. The van der Waals surface area contributed by atoms with Crippen LogP contribution in [-0.2, 0) is 0 Å². The van der Waals surface area contributed by atoms with E-state index in [2.05, 4.69) is 236 Å². The SMILES string of the molecule is C[C@@]12C=CC=CC1=C(c1cccc3c1sc1ccc(-c4c5ccccc5c(-c5ccccc5)c5ccccc45)cc13)C1=C(C=CCC1)C2n1c2ccccc2c2cc(-c3ccccc3)ccc21. The highest BCUT2D eigenvalue weighted by Gasteiger charge is 2.46. The van der Waals surface area contributed by atoms with Crippen LogP contribution >= 0.6 is 11.3 Å². The Kier molecular flexibility index (Phi) is 8.54. The number of fused-ring (bicyclic) bond motifs is 9. The van der Waals surface area contributed by atoms with E-state index in [0.717, 1.165) is 12.8 Å². The minimum atomic E-state index is -0.322. The van der Waals surface area contributed by atoms with Crippen LogP contribution in [0.3, 0.4) is 0 Å². The molecule has 3 aliphatic rings. The van der Waals surface area contributed by atoms with Gasteiger partial charge < -0.3 is 4.57 Å². The van der Waals surface area contributed by atoms with Crippen LogP contribution in [-0.4, -0.2) is 4.57 Å². The van der Waals surface area contributed by atoms with Crippen molar-refractivity contribution < 1.29 is 0 Å². The molecule has 3 aliphatic carbocycles. The van der Waals surface area contributed by atoms with E-state index in [0.29, 0.717) is 0 Å². The molecule has 0 N–H and O–H groups in total. The first-order valence-corrected chi connectivity index (χ1v) is 24.5. The van der Waals surface area contributed by atoms with Gasteiger partial charge in [-0.1, -0.05) is 194 Å². The van der Waals surface area contributed by atoms with Crippen LogP contribution in [0.1, 0.15) is 31.4 Å². The zero-order valence-electron chi connectivity index (χ0n) is 37.2. The highest BCUT2D eigenvalue weighted by Crippen LogP contribution is 2.60. The molecule has 1 unspecified atom stereocenters. The summed E-state index contributed by atoms with van der Waals surface area (Å²) in [6.07, 6.45) is 16.4. The standard InChI is InChI=1S/C65H45NS/c1-65-38-17-16-32-56(65)62(50-28-12-13-29-52(50)64(65)66-57-33-15-14-23-45(57)54-39-43(34-36-58(54)66)41-19-4-2-5-20-41)53-31-18-30-51-55-40-44(35-37-59(55)67-63(51)53)61-48-26-10-8-24-46(48)60(42-21-6-3-7-22-42)47-25-9-11-27-49(47)61/h2-11,13-27,29-40,64H,12,28H2,1H3/t64?,65-/m1/s1. The van der Waals surface area contributed by atoms with Gasteiger partial charge in [-0.15, -0.1) is 11.3 Å². The second-order valence-corrected chi connectivity index (χ2v) is 19.8. The van der Waals surface area contributed by atoms with Gasteiger partial charge in [0.15, 0.2) is 0 Å². The maximum atomic E-state index is 2.69. The number of aromatic nitrogens is 1. The molecule has 0 bridgehead atoms. The van der Waals surface area contributed by atoms with Crippen LogP contribution in [0.15, 0.2) is 241 Å². The second kappa shape index (κ2) is 14.9. The molecule has 0 aliphatic heterocycles. The third kappa shape index (κ3) is 5.67. The lowest BCUT2D eigenvalue weighted by Gasteiger charge is -2.47. The lowest BCUT2D eigenvalue weighted by atomic mass is 9.61. The van der Waals surface area contributed by atoms with Crippen LogP contribution < -0.4 is 0 Å². The fourth-order valence-corrected chi connectivity index (χ4v) is 13.5. The highest BCUT2D eigenvalue weighted by atomic mass is 32.1. The predicted molar refractivity (Wildman–Crippen MR) is 288 cm³/mol. The number of thiophene rings is 1. The van der Waals surface area contributed by atoms with Crippen molar-refractivity contribution >= 4 is 80.4 Å². The van der Waals surface area contributed by atoms with E-state index in [1.54, 1.807) is 0 Å². The van der Waals surface area contributed by atoms with E-state index in [-0.39, 0.29) is 11.5 Å². The molecule has 0 radical (unpaired) electrons. The average Bonchev–Trinajstić information content (AvgIpc) is 3.92. The maximum absolute atomic E-state index is 2.69. The van der Waals surface area contributed by atoms with Crippen molar-refractivity contribution in [1.29, 1.82) is 0 Å². The first-order valence-electron chi connectivity index (χ1n) is 23.7. The Bertz CT molecular complexity index is 3980. The maximum Gasteiger partial charge on any atom is 0.0723 e. The topological polar surface area (TPSA) is 4.93 Å². The Morgan fingerprint density at radius 2 is 1.10 bits per heavy atom. The van der Waals surface area contributed by atoms with E-state index in [9.17, 15) is 0 Å². The lowest BCUT2D eigenvalue weighted by Crippen LogP contribution is -2.36. The van der Waals surface area contributed by atoms with Crippen LogP contribution in [0.2, 0.25) is 0 Å². The lowest BCUT2D eigenvalue weighted by molar-refractivity contribution is 0.363. The Morgan fingerprint density at radius 1 is 0.493 bits per heavy atom. The summed E-state index contributed by atoms with van der Waals surface area (Å²) >= 11 is 1.95. The summed E-state index contributed by atoms with van der Waals surface area (Å²) in [4.78, 5) is 0. The molecule has 2 heteroatoms. The molecule has 2 heterocycles. The molecule has 0 amide bonds. The van der Waals surface area contributed by atoms with Crippen LogP contribution in [0.4, 0.5) is 0 Å². The van der Waals surface area contributed by atoms with E-state index in [4.69, 9.17) is 0 Å². The van der Waals surface area contributed by atoms with Gasteiger partial charge in [-0.05, 0) is 127 Å². The monoisotopic (exact) mass is 871 g/mol. The van der Waals surface area contributed by atoms with Crippen molar-refractivity contribution in [2.75, 3.05) is 0 Å². The summed E-state index contributed by atoms with van der Waals surface area (Å²) in [7, 11) is 0. The van der Waals surface area contributed by atoms with Crippen LogP contribution in [0, 0.1) is 5.41 Å². The summed E-state index contributed by atoms with van der Waals surface area (Å²) in [5.74, 6) is 0. The zero-order chi connectivity index (χ0) is 44.2. The first-order chi connectivity index (χ1) is 33.1.